The highest BCUT2D eigenvalue weighted by Gasteiger charge is 2.09. The van der Waals surface area contributed by atoms with Gasteiger partial charge in [-0.05, 0) is 18.0 Å². The lowest BCUT2D eigenvalue weighted by atomic mass is 10.6. The number of halogens is 2. The molecule has 66 valence electrons. The van der Waals surface area contributed by atoms with Crippen molar-refractivity contribution in [3.05, 3.63) is 16.1 Å². The lowest BCUT2D eigenvalue weighted by Crippen LogP contribution is -1.98. The van der Waals surface area contributed by atoms with Crippen LogP contribution >= 0.6 is 23.2 Å². The average molecular weight is 226 g/mol. The Morgan fingerprint density at radius 1 is 1.33 bits per heavy atom. The van der Waals surface area contributed by atoms with Gasteiger partial charge in [0, 0.05) is 0 Å². The lowest BCUT2D eigenvalue weighted by Gasteiger charge is -2.08. The molecule has 1 aromatic heterocycles. The maximum absolute atomic E-state index is 10.5. The van der Waals surface area contributed by atoms with Crippen molar-refractivity contribution in [2.45, 2.75) is 11.8 Å². The van der Waals surface area contributed by atoms with Crippen LogP contribution in [-0.4, -0.2) is 18.7 Å². The van der Waals surface area contributed by atoms with Gasteiger partial charge < -0.3 is 4.55 Å². The Bertz CT molecular complexity index is 321. The molecule has 0 N–H and O–H groups in total. The molecule has 0 bridgehead atoms. The zero-order valence-electron chi connectivity index (χ0n) is 5.88. The van der Waals surface area contributed by atoms with E-state index < -0.39 is 11.1 Å². The van der Waals surface area contributed by atoms with Gasteiger partial charge in [0.25, 0.3) is 0 Å². The van der Waals surface area contributed by atoms with Crippen LogP contribution in [0, 0.1) is 6.92 Å². The summed E-state index contributed by atoms with van der Waals surface area (Å²) in [6.07, 6.45) is 0. The van der Waals surface area contributed by atoms with Crippen molar-refractivity contribution >= 4 is 34.3 Å². The highest BCUT2D eigenvalue weighted by Crippen LogP contribution is 2.23. The van der Waals surface area contributed by atoms with Crippen LogP contribution in [0.4, 0.5) is 0 Å². The minimum absolute atomic E-state index is 0.152. The van der Waals surface area contributed by atoms with E-state index in [1.807, 2.05) is 0 Å². The van der Waals surface area contributed by atoms with Gasteiger partial charge in [-0.2, -0.15) is 0 Å². The van der Waals surface area contributed by atoms with Crippen molar-refractivity contribution in [3.8, 4) is 0 Å². The van der Waals surface area contributed by atoms with E-state index in [9.17, 15) is 8.76 Å². The van der Waals surface area contributed by atoms with Gasteiger partial charge in [0.15, 0.2) is 0 Å². The maximum Gasteiger partial charge on any atom is 0.149 e. The van der Waals surface area contributed by atoms with Crippen LogP contribution in [0.2, 0.25) is 10.3 Å². The maximum atomic E-state index is 10.5. The summed E-state index contributed by atoms with van der Waals surface area (Å²) in [5.74, 6) is 0.333. The summed E-state index contributed by atoms with van der Waals surface area (Å²) in [5.41, 5.74) is 0. The smallest absolute Gasteiger partial charge is 0.149 e. The number of aromatic nitrogens is 2. The number of hydrogen-bond acceptors (Lipinski definition) is 4. The van der Waals surface area contributed by atoms with Crippen molar-refractivity contribution in [1.29, 1.82) is 0 Å². The van der Waals surface area contributed by atoms with E-state index >= 15 is 0 Å². The van der Waals surface area contributed by atoms with Gasteiger partial charge in [-0.25, -0.2) is 9.97 Å². The summed E-state index contributed by atoms with van der Waals surface area (Å²) in [7, 11) is 0. The van der Waals surface area contributed by atoms with Crippen LogP contribution in [0.15, 0.2) is 4.90 Å². The Balaban J connectivity index is 3.38. The van der Waals surface area contributed by atoms with Crippen molar-refractivity contribution in [2.75, 3.05) is 0 Å². The molecule has 1 atom stereocenters. The Kier molecular flexibility index (Phi) is 3.00. The van der Waals surface area contributed by atoms with Crippen molar-refractivity contribution in [3.63, 3.8) is 0 Å². The minimum atomic E-state index is -2.50. The predicted octanol–water partition coefficient (Wildman–Crippen LogP) is 1.33. The topological polar surface area (TPSA) is 65.9 Å². The fourth-order valence-corrected chi connectivity index (χ4v) is 1.85. The van der Waals surface area contributed by atoms with E-state index in [1.54, 1.807) is 6.92 Å². The second kappa shape index (κ2) is 3.66. The molecule has 1 heterocycles. The van der Waals surface area contributed by atoms with E-state index in [-0.39, 0.29) is 15.2 Å². The zero-order valence-corrected chi connectivity index (χ0v) is 8.20. The van der Waals surface area contributed by atoms with Gasteiger partial charge in [-0.15, -0.1) is 0 Å². The molecule has 0 aliphatic rings. The molecule has 0 radical (unpaired) electrons. The number of nitrogens with zero attached hydrogens (tertiary/aromatic N) is 2. The normalized spacial score (nSPS) is 13.0. The summed E-state index contributed by atoms with van der Waals surface area (Å²) >= 11 is 8.50. The Labute approximate surface area is 81.2 Å². The molecule has 0 saturated carbocycles. The van der Waals surface area contributed by atoms with E-state index in [0.29, 0.717) is 5.82 Å². The SMILES string of the molecule is Cc1nc(Cl)c(S(=O)[O-])c(Cl)n1. The second-order valence-corrected chi connectivity index (χ2v) is 3.51. The van der Waals surface area contributed by atoms with Gasteiger partial charge in [-0.1, -0.05) is 23.2 Å². The Morgan fingerprint density at radius 2 is 1.75 bits per heavy atom. The largest absolute Gasteiger partial charge is 0.768 e. The van der Waals surface area contributed by atoms with Crippen LogP contribution in [0.3, 0.4) is 0 Å². The van der Waals surface area contributed by atoms with Crippen LogP contribution < -0.4 is 0 Å². The molecular weight excluding hydrogens is 223 g/mol. The third-order valence-corrected chi connectivity index (χ3v) is 2.55. The van der Waals surface area contributed by atoms with Crippen LogP contribution in [0.1, 0.15) is 5.82 Å². The molecule has 1 rings (SSSR count). The molecule has 0 aliphatic carbocycles. The molecule has 12 heavy (non-hydrogen) atoms. The first-order chi connectivity index (χ1) is 5.52. The van der Waals surface area contributed by atoms with E-state index in [2.05, 4.69) is 9.97 Å². The summed E-state index contributed by atoms with van der Waals surface area (Å²) in [5, 5.41) is -0.304. The van der Waals surface area contributed by atoms with E-state index in [4.69, 9.17) is 23.2 Å². The molecule has 1 unspecified atom stereocenters. The molecule has 0 spiro atoms. The standard InChI is InChI=1S/C5H4Cl2N2O2S/c1-2-8-4(6)3(12(10)11)5(7)9-2/h1H3,(H,10,11)/p-1. The van der Waals surface area contributed by atoms with Crippen LogP contribution in [-0.2, 0) is 11.1 Å². The average Bonchev–Trinajstić information content (AvgIpc) is 1.82. The van der Waals surface area contributed by atoms with Crippen molar-refractivity contribution in [2.24, 2.45) is 0 Å². The quantitative estimate of drug-likeness (QED) is 0.535. The van der Waals surface area contributed by atoms with Crippen molar-refractivity contribution < 1.29 is 8.76 Å². The first-order valence-corrected chi connectivity index (χ1v) is 4.64. The molecule has 0 fully saturated rings. The molecular formula is C5H3Cl2N2O2S-. The molecule has 0 saturated heterocycles. The summed E-state index contributed by atoms with van der Waals surface area (Å²) < 4.78 is 21.0. The first-order valence-electron chi connectivity index (χ1n) is 2.81. The summed E-state index contributed by atoms with van der Waals surface area (Å²) in [6, 6.07) is 0. The molecule has 7 heteroatoms. The number of hydrogen-bond donors (Lipinski definition) is 0. The second-order valence-electron chi connectivity index (χ2n) is 1.92. The highest BCUT2D eigenvalue weighted by atomic mass is 35.5. The van der Waals surface area contributed by atoms with Gasteiger partial charge in [0.2, 0.25) is 0 Å². The minimum Gasteiger partial charge on any atom is -0.768 e. The number of rotatable bonds is 1. The Hall–Kier alpha value is -0.230. The molecule has 1 aromatic rings. The monoisotopic (exact) mass is 225 g/mol. The zero-order chi connectivity index (χ0) is 9.30. The first kappa shape index (κ1) is 9.85. The van der Waals surface area contributed by atoms with Gasteiger partial charge in [0.05, 0.1) is 4.90 Å². The molecule has 0 aliphatic heterocycles. The summed E-state index contributed by atoms with van der Waals surface area (Å²) in [6.45, 7) is 1.56. The van der Waals surface area contributed by atoms with Crippen LogP contribution in [0.25, 0.3) is 0 Å². The summed E-state index contributed by atoms with van der Waals surface area (Å²) in [4.78, 5) is 7.00. The van der Waals surface area contributed by atoms with Crippen LogP contribution in [0.5, 0.6) is 0 Å². The van der Waals surface area contributed by atoms with Crippen molar-refractivity contribution in [1.82, 2.24) is 9.97 Å². The van der Waals surface area contributed by atoms with E-state index in [0.717, 1.165) is 0 Å². The predicted molar refractivity (Wildman–Crippen MR) is 44.0 cm³/mol. The van der Waals surface area contributed by atoms with Gasteiger partial charge >= 0.3 is 0 Å². The Morgan fingerprint density at radius 3 is 2.08 bits per heavy atom. The van der Waals surface area contributed by atoms with Gasteiger partial charge in [0.1, 0.15) is 16.1 Å². The molecule has 4 nitrogen and oxygen atoms in total. The molecule has 0 aromatic carbocycles. The number of aryl methyl sites for hydroxylation is 1. The fourth-order valence-electron chi connectivity index (χ4n) is 0.633. The van der Waals surface area contributed by atoms with Gasteiger partial charge in [-0.3, -0.25) is 4.21 Å². The lowest BCUT2D eigenvalue weighted by molar-refractivity contribution is 0.536. The molecule has 0 amide bonds. The van der Waals surface area contributed by atoms with E-state index in [1.165, 1.54) is 0 Å². The fraction of sp³-hybridized carbons (Fsp3) is 0.200. The third-order valence-electron chi connectivity index (χ3n) is 1.06. The third kappa shape index (κ3) is 1.92. The highest BCUT2D eigenvalue weighted by molar-refractivity contribution is 7.79.